The SMILES string of the molecule is CNCC1(CN2CCN(C3CC3)CC2)CCOCC1. The van der Waals surface area contributed by atoms with Crippen molar-refractivity contribution < 1.29 is 4.74 Å². The van der Waals surface area contributed by atoms with Crippen molar-refractivity contribution in [1.29, 1.82) is 0 Å². The quantitative estimate of drug-likeness (QED) is 0.797. The van der Waals surface area contributed by atoms with Gasteiger partial charge in [0.25, 0.3) is 0 Å². The third-order valence-corrected chi connectivity index (χ3v) is 5.13. The minimum absolute atomic E-state index is 0.453. The molecule has 0 aromatic carbocycles. The van der Waals surface area contributed by atoms with E-state index in [2.05, 4.69) is 22.2 Å². The maximum Gasteiger partial charge on any atom is 0.0472 e. The summed E-state index contributed by atoms with van der Waals surface area (Å²) in [6.07, 6.45) is 5.33. The molecular weight excluding hydrogens is 238 g/mol. The Kier molecular flexibility index (Phi) is 4.42. The van der Waals surface area contributed by atoms with Crippen molar-refractivity contribution in [1.82, 2.24) is 15.1 Å². The lowest BCUT2D eigenvalue weighted by Gasteiger charge is -2.43. The molecule has 4 heteroatoms. The Labute approximate surface area is 117 Å². The fraction of sp³-hybridized carbons (Fsp3) is 1.00. The molecule has 3 fully saturated rings. The molecule has 110 valence electrons. The van der Waals surface area contributed by atoms with Crippen LogP contribution in [0.3, 0.4) is 0 Å². The summed E-state index contributed by atoms with van der Waals surface area (Å²) in [6, 6.07) is 0.941. The molecule has 0 amide bonds. The van der Waals surface area contributed by atoms with Gasteiger partial charge in [-0.25, -0.2) is 0 Å². The zero-order valence-corrected chi connectivity index (χ0v) is 12.4. The van der Waals surface area contributed by atoms with E-state index in [1.807, 2.05) is 0 Å². The van der Waals surface area contributed by atoms with Crippen molar-refractivity contribution in [2.75, 3.05) is 59.5 Å². The zero-order valence-electron chi connectivity index (χ0n) is 12.4. The Bertz CT molecular complexity index is 274. The van der Waals surface area contributed by atoms with Gasteiger partial charge in [-0.05, 0) is 38.1 Å². The molecule has 0 aromatic heterocycles. The van der Waals surface area contributed by atoms with Crippen LogP contribution in [-0.4, -0.2) is 75.4 Å². The summed E-state index contributed by atoms with van der Waals surface area (Å²) < 4.78 is 5.56. The number of rotatable bonds is 5. The monoisotopic (exact) mass is 267 g/mol. The predicted octanol–water partition coefficient (Wildman–Crippen LogP) is 0.783. The fourth-order valence-electron chi connectivity index (χ4n) is 3.77. The number of piperazine rings is 1. The van der Waals surface area contributed by atoms with Gasteiger partial charge in [0.2, 0.25) is 0 Å². The molecule has 0 atom stereocenters. The molecule has 3 rings (SSSR count). The normalized spacial score (nSPS) is 29.5. The molecule has 0 radical (unpaired) electrons. The standard InChI is InChI=1S/C15H29N3O/c1-16-12-15(4-10-19-11-5-15)13-17-6-8-18(9-7-17)14-2-3-14/h14,16H,2-13H2,1H3. The fourth-order valence-corrected chi connectivity index (χ4v) is 3.77. The van der Waals surface area contributed by atoms with Crippen LogP contribution in [-0.2, 0) is 4.74 Å². The van der Waals surface area contributed by atoms with Gasteiger partial charge in [-0.1, -0.05) is 0 Å². The van der Waals surface area contributed by atoms with Crippen molar-refractivity contribution in [2.45, 2.75) is 31.7 Å². The second-order valence-electron chi connectivity index (χ2n) is 6.69. The maximum atomic E-state index is 5.56. The van der Waals surface area contributed by atoms with Crippen LogP contribution < -0.4 is 5.32 Å². The smallest absolute Gasteiger partial charge is 0.0472 e. The molecule has 0 aromatic rings. The van der Waals surface area contributed by atoms with Crippen LogP contribution in [0.25, 0.3) is 0 Å². The van der Waals surface area contributed by atoms with E-state index in [9.17, 15) is 0 Å². The van der Waals surface area contributed by atoms with E-state index in [0.29, 0.717) is 5.41 Å². The first-order valence-electron chi connectivity index (χ1n) is 8.00. The van der Waals surface area contributed by atoms with E-state index in [-0.39, 0.29) is 0 Å². The first-order chi connectivity index (χ1) is 9.31. The average Bonchev–Trinajstić information content (AvgIpc) is 3.25. The van der Waals surface area contributed by atoms with Gasteiger partial charge < -0.3 is 15.0 Å². The lowest BCUT2D eigenvalue weighted by atomic mass is 9.79. The Morgan fingerprint density at radius 2 is 1.79 bits per heavy atom. The van der Waals surface area contributed by atoms with Crippen molar-refractivity contribution >= 4 is 0 Å². The van der Waals surface area contributed by atoms with E-state index in [1.54, 1.807) is 0 Å². The van der Waals surface area contributed by atoms with Gasteiger partial charge in [-0.2, -0.15) is 0 Å². The van der Waals surface area contributed by atoms with Crippen LogP contribution in [0.15, 0.2) is 0 Å². The molecule has 0 unspecified atom stereocenters. The topological polar surface area (TPSA) is 27.7 Å². The molecule has 1 aliphatic carbocycles. The number of hydrogen-bond acceptors (Lipinski definition) is 4. The van der Waals surface area contributed by atoms with Crippen LogP contribution >= 0.6 is 0 Å². The van der Waals surface area contributed by atoms with Crippen LogP contribution in [0, 0.1) is 5.41 Å². The van der Waals surface area contributed by atoms with Gasteiger partial charge in [0.1, 0.15) is 0 Å². The van der Waals surface area contributed by atoms with E-state index >= 15 is 0 Å². The predicted molar refractivity (Wildman–Crippen MR) is 77.4 cm³/mol. The third-order valence-electron chi connectivity index (χ3n) is 5.13. The van der Waals surface area contributed by atoms with Crippen LogP contribution in [0.2, 0.25) is 0 Å². The lowest BCUT2D eigenvalue weighted by Crippen LogP contribution is -2.53. The van der Waals surface area contributed by atoms with Crippen LogP contribution in [0.4, 0.5) is 0 Å². The minimum Gasteiger partial charge on any atom is -0.381 e. The van der Waals surface area contributed by atoms with Crippen LogP contribution in [0.1, 0.15) is 25.7 Å². The summed E-state index contributed by atoms with van der Waals surface area (Å²) in [7, 11) is 2.09. The highest BCUT2D eigenvalue weighted by Crippen LogP contribution is 2.32. The Morgan fingerprint density at radius 3 is 2.37 bits per heavy atom. The molecular formula is C15H29N3O. The van der Waals surface area contributed by atoms with E-state index in [4.69, 9.17) is 4.74 Å². The summed E-state index contributed by atoms with van der Waals surface area (Å²) >= 11 is 0. The van der Waals surface area contributed by atoms with Gasteiger partial charge in [-0.3, -0.25) is 4.90 Å². The molecule has 2 saturated heterocycles. The van der Waals surface area contributed by atoms with E-state index < -0.39 is 0 Å². The molecule has 2 heterocycles. The number of nitrogens with one attached hydrogen (secondary N) is 1. The molecule has 0 bridgehead atoms. The van der Waals surface area contributed by atoms with Crippen molar-refractivity contribution in [2.24, 2.45) is 5.41 Å². The van der Waals surface area contributed by atoms with E-state index in [1.165, 1.54) is 58.4 Å². The highest BCUT2D eigenvalue weighted by Gasteiger charge is 2.36. The lowest BCUT2D eigenvalue weighted by molar-refractivity contribution is -0.0120. The Morgan fingerprint density at radius 1 is 1.11 bits per heavy atom. The van der Waals surface area contributed by atoms with Gasteiger partial charge in [0, 0.05) is 58.5 Å². The first-order valence-corrected chi connectivity index (χ1v) is 8.00. The third kappa shape index (κ3) is 3.48. The van der Waals surface area contributed by atoms with Gasteiger partial charge >= 0.3 is 0 Å². The Hall–Kier alpha value is -0.160. The van der Waals surface area contributed by atoms with Crippen molar-refractivity contribution in [3.63, 3.8) is 0 Å². The van der Waals surface area contributed by atoms with E-state index in [0.717, 1.165) is 25.8 Å². The number of ether oxygens (including phenoxy) is 1. The van der Waals surface area contributed by atoms with Crippen molar-refractivity contribution in [3.05, 3.63) is 0 Å². The summed E-state index contributed by atoms with van der Waals surface area (Å²) in [5, 5.41) is 3.41. The highest BCUT2D eigenvalue weighted by molar-refractivity contribution is 4.91. The molecule has 3 aliphatic rings. The zero-order chi connectivity index (χ0) is 13.1. The second-order valence-corrected chi connectivity index (χ2v) is 6.69. The molecule has 1 saturated carbocycles. The summed E-state index contributed by atoms with van der Waals surface area (Å²) in [5.74, 6) is 0. The van der Waals surface area contributed by atoms with Gasteiger partial charge in [-0.15, -0.1) is 0 Å². The molecule has 0 spiro atoms. The summed E-state index contributed by atoms with van der Waals surface area (Å²) in [4.78, 5) is 5.40. The van der Waals surface area contributed by atoms with Crippen molar-refractivity contribution in [3.8, 4) is 0 Å². The number of nitrogens with zero attached hydrogens (tertiary/aromatic N) is 2. The van der Waals surface area contributed by atoms with Gasteiger partial charge in [0.05, 0.1) is 0 Å². The summed E-state index contributed by atoms with van der Waals surface area (Å²) in [6.45, 7) is 9.40. The van der Waals surface area contributed by atoms with Crippen LogP contribution in [0.5, 0.6) is 0 Å². The number of hydrogen-bond donors (Lipinski definition) is 1. The maximum absolute atomic E-state index is 5.56. The molecule has 2 aliphatic heterocycles. The Balaban J connectivity index is 1.50. The second kappa shape index (κ2) is 6.08. The minimum atomic E-state index is 0.453. The summed E-state index contributed by atoms with van der Waals surface area (Å²) in [5.41, 5.74) is 0.453. The molecule has 4 nitrogen and oxygen atoms in total. The average molecular weight is 267 g/mol. The molecule has 1 N–H and O–H groups in total. The van der Waals surface area contributed by atoms with Gasteiger partial charge in [0.15, 0.2) is 0 Å². The first kappa shape index (κ1) is 13.8. The highest BCUT2D eigenvalue weighted by atomic mass is 16.5. The molecule has 19 heavy (non-hydrogen) atoms. The largest absolute Gasteiger partial charge is 0.381 e.